The lowest BCUT2D eigenvalue weighted by molar-refractivity contribution is 0.166. The third-order valence-electron chi connectivity index (χ3n) is 3.36. The summed E-state index contributed by atoms with van der Waals surface area (Å²) in [4.78, 5) is 4.24. The first kappa shape index (κ1) is 12.1. The van der Waals surface area contributed by atoms with Crippen LogP contribution in [-0.4, -0.2) is 31.1 Å². The Labute approximate surface area is 103 Å². The summed E-state index contributed by atoms with van der Waals surface area (Å²) in [6, 6.07) is 2.91. The molecule has 90 valence electrons. The van der Waals surface area contributed by atoms with Crippen molar-refractivity contribution in [1.82, 2.24) is 10.2 Å². The quantitative estimate of drug-likeness (QED) is 0.868. The van der Waals surface area contributed by atoms with Crippen molar-refractivity contribution in [2.24, 2.45) is 0 Å². The molecule has 16 heavy (non-hydrogen) atoms. The second-order valence-electron chi connectivity index (χ2n) is 4.56. The van der Waals surface area contributed by atoms with Gasteiger partial charge in [0.25, 0.3) is 0 Å². The largest absolute Gasteiger partial charge is 0.314 e. The van der Waals surface area contributed by atoms with Gasteiger partial charge in [0.05, 0.1) is 0 Å². The zero-order valence-electron chi connectivity index (χ0n) is 10.3. The van der Waals surface area contributed by atoms with Crippen molar-refractivity contribution in [1.29, 1.82) is 0 Å². The van der Waals surface area contributed by atoms with Crippen molar-refractivity contribution in [3.8, 4) is 0 Å². The second kappa shape index (κ2) is 5.80. The maximum Gasteiger partial charge on any atom is 0.0445 e. The zero-order chi connectivity index (χ0) is 11.4. The standard InChI is InChI=1S/C13H22N2S/c1-3-4-12(13-11(2)5-10-16-13)15-8-6-14-7-9-15/h5,10,12,14H,3-4,6-9H2,1-2H3/t12-/m1/s1. The number of rotatable bonds is 4. The van der Waals surface area contributed by atoms with Gasteiger partial charge in [-0.25, -0.2) is 0 Å². The van der Waals surface area contributed by atoms with E-state index < -0.39 is 0 Å². The molecular weight excluding hydrogens is 216 g/mol. The van der Waals surface area contributed by atoms with E-state index in [0.717, 1.165) is 13.1 Å². The average molecular weight is 238 g/mol. The highest BCUT2D eigenvalue weighted by molar-refractivity contribution is 7.10. The second-order valence-corrected chi connectivity index (χ2v) is 5.51. The Bertz CT molecular complexity index is 315. The van der Waals surface area contributed by atoms with E-state index in [1.165, 1.54) is 31.5 Å². The average Bonchev–Trinajstić information content (AvgIpc) is 2.73. The molecule has 1 aliphatic heterocycles. The molecule has 1 aromatic heterocycles. The van der Waals surface area contributed by atoms with Gasteiger partial charge >= 0.3 is 0 Å². The molecule has 1 N–H and O–H groups in total. The smallest absolute Gasteiger partial charge is 0.0445 e. The molecule has 2 nitrogen and oxygen atoms in total. The number of piperazine rings is 1. The predicted molar refractivity (Wildman–Crippen MR) is 71.1 cm³/mol. The molecule has 1 aliphatic rings. The minimum Gasteiger partial charge on any atom is -0.314 e. The van der Waals surface area contributed by atoms with Gasteiger partial charge in [0.1, 0.15) is 0 Å². The van der Waals surface area contributed by atoms with Gasteiger partial charge in [-0.2, -0.15) is 0 Å². The van der Waals surface area contributed by atoms with Crippen molar-refractivity contribution >= 4 is 11.3 Å². The minimum atomic E-state index is 0.659. The summed E-state index contributed by atoms with van der Waals surface area (Å²) in [5, 5.41) is 5.67. The molecule has 0 saturated carbocycles. The first-order valence-corrected chi connectivity index (χ1v) is 7.19. The first-order chi connectivity index (χ1) is 7.83. The van der Waals surface area contributed by atoms with Crippen LogP contribution in [0.5, 0.6) is 0 Å². The van der Waals surface area contributed by atoms with Crippen LogP contribution < -0.4 is 5.32 Å². The molecule has 0 amide bonds. The molecule has 1 fully saturated rings. The summed E-state index contributed by atoms with van der Waals surface area (Å²) in [6.45, 7) is 9.22. The zero-order valence-corrected chi connectivity index (χ0v) is 11.1. The molecule has 1 aromatic rings. The van der Waals surface area contributed by atoms with Crippen molar-refractivity contribution in [3.05, 3.63) is 21.9 Å². The molecule has 1 atom stereocenters. The van der Waals surface area contributed by atoms with Crippen LogP contribution >= 0.6 is 11.3 Å². The van der Waals surface area contributed by atoms with E-state index in [4.69, 9.17) is 0 Å². The van der Waals surface area contributed by atoms with Crippen LogP contribution in [0, 0.1) is 6.92 Å². The van der Waals surface area contributed by atoms with Gasteiger partial charge in [0.2, 0.25) is 0 Å². The van der Waals surface area contributed by atoms with Gasteiger partial charge in [-0.15, -0.1) is 11.3 Å². The topological polar surface area (TPSA) is 15.3 Å². The van der Waals surface area contributed by atoms with Gasteiger partial charge < -0.3 is 5.32 Å². The van der Waals surface area contributed by atoms with E-state index in [1.807, 2.05) is 11.3 Å². The molecular formula is C13H22N2S. The minimum absolute atomic E-state index is 0.659. The van der Waals surface area contributed by atoms with Crippen LogP contribution in [0.15, 0.2) is 11.4 Å². The third kappa shape index (κ3) is 2.65. The molecule has 0 aromatic carbocycles. The van der Waals surface area contributed by atoms with E-state index in [-0.39, 0.29) is 0 Å². The Hall–Kier alpha value is -0.380. The summed E-state index contributed by atoms with van der Waals surface area (Å²) in [5.74, 6) is 0. The lowest BCUT2D eigenvalue weighted by Gasteiger charge is -2.34. The van der Waals surface area contributed by atoms with Crippen molar-refractivity contribution in [2.75, 3.05) is 26.2 Å². The molecule has 3 heteroatoms. The van der Waals surface area contributed by atoms with Gasteiger partial charge in [-0.3, -0.25) is 4.90 Å². The molecule has 2 rings (SSSR count). The third-order valence-corrected chi connectivity index (χ3v) is 4.48. The number of nitrogens with zero attached hydrogens (tertiary/aromatic N) is 1. The van der Waals surface area contributed by atoms with E-state index in [2.05, 4.69) is 35.5 Å². The van der Waals surface area contributed by atoms with Crippen molar-refractivity contribution in [3.63, 3.8) is 0 Å². The fraction of sp³-hybridized carbons (Fsp3) is 0.692. The summed E-state index contributed by atoms with van der Waals surface area (Å²) in [6.07, 6.45) is 2.56. The lowest BCUT2D eigenvalue weighted by atomic mass is 10.0. The summed E-state index contributed by atoms with van der Waals surface area (Å²) in [5.41, 5.74) is 1.47. The van der Waals surface area contributed by atoms with E-state index in [1.54, 1.807) is 4.88 Å². The Balaban J connectivity index is 2.12. The molecule has 0 radical (unpaired) electrons. The number of hydrogen-bond acceptors (Lipinski definition) is 3. The van der Waals surface area contributed by atoms with Crippen LogP contribution in [0.4, 0.5) is 0 Å². The van der Waals surface area contributed by atoms with E-state index >= 15 is 0 Å². The fourth-order valence-corrected chi connectivity index (χ4v) is 3.57. The predicted octanol–water partition coefficient (Wildman–Crippen LogP) is 2.80. The summed E-state index contributed by atoms with van der Waals surface area (Å²) >= 11 is 1.93. The Morgan fingerprint density at radius 1 is 1.44 bits per heavy atom. The summed E-state index contributed by atoms with van der Waals surface area (Å²) < 4.78 is 0. The van der Waals surface area contributed by atoms with Gasteiger partial charge in [-0.05, 0) is 30.4 Å². The SMILES string of the molecule is CCC[C@H](c1sccc1C)N1CCNCC1. The molecule has 0 spiro atoms. The highest BCUT2D eigenvalue weighted by Gasteiger charge is 2.23. The highest BCUT2D eigenvalue weighted by Crippen LogP contribution is 2.32. The van der Waals surface area contributed by atoms with E-state index in [9.17, 15) is 0 Å². The van der Waals surface area contributed by atoms with Crippen LogP contribution in [0.2, 0.25) is 0 Å². The normalized spacial score (nSPS) is 19.9. The van der Waals surface area contributed by atoms with Crippen LogP contribution in [0.1, 0.15) is 36.2 Å². The van der Waals surface area contributed by atoms with Crippen LogP contribution in [-0.2, 0) is 0 Å². The molecule has 0 unspecified atom stereocenters. The maximum absolute atomic E-state index is 3.43. The number of thiophene rings is 1. The molecule has 0 aliphatic carbocycles. The summed E-state index contributed by atoms with van der Waals surface area (Å²) in [7, 11) is 0. The number of nitrogens with one attached hydrogen (secondary N) is 1. The van der Waals surface area contributed by atoms with E-state index in [0.29, 0.717) is 6.04 Å². The molecule has 1 saturated heterocycles. The van der Waals surface area contributed by atoms with Crippen molar-refractivity contribution < 1.29 is 0 Å². The fourth-order valence-electron chi connectivity index (χ4n) is 2.47. The Morgan fingerprint density at radius 3 is 2.75 bits per heavy atom. The Morgan fingerprint density at radius 2 is 2.19 bits per heavy atom. The van der Waals surface area contributed by atoms with Gasteiger partial charge in [-0.1, -0.05) is 13.3 Å². The molecule has 2 heterocycles. The van der Waals surface area contributed by atoms with Crippen LogP contribution in [0.3, 0.4) is 0 Å². The lowest BCUT2D eigenvalue weighted by Crippen LogP contribution is -2.45. The van der Waals surface area contributed by atoms with Crippen LogP contribution in [0.25, 0.3) is 0 Å². The van der Waals surface area contributed by atoms with Crippen molar-refractivity contribution in [2.45, 2.75) is 32.7 Å². The number of aryl methyl sites for hydroxylation is 1. The van der Waals surface area contributed by atoms with Gasteiger partial charge in [0, 0.05) is 37.1 Å². The highest BCUT2D eigenvalue weighted by atomic mass is 32.1. The maximum atomic E-state index is 3.43. The first-order valence-electron chi connectivity index (χ1n) is 6.31. The number of hydrogen-bond donors (Lipinski definition) is 1. The monoisotopic (exact) mass is 238 g/mol. The molecule has 0 bridgehead atoms. The Kier molecular flexibility index (Phi) is 4.38. The van der Waals surface area contributed by atoms with Gasteiger partial charge in [0.15, 0.2) is 0 Å².